The lowest BCUT2D eigenvalue weighted by Gasteiger charge is -2.32. The number of nitrogens with one attached hydrogen (secondary N) is 2. The summed E-state index contributed by atoms with van der Waals surface area (Å²) in [5, 5.41) is 11.7. The van der Waals surface area contributed by atoms with Crippen molar-refractivity contribution in [2.75, 3.05) is 107 Å². The molecule has 0 unspecified atom stereocenters. The van der Waals surface area contributed by atoms with Gasteiger partial charge in [-0.05, 0) is 89.3 Å². The quantitative estimate of drug-likeness (QED) is 0.0697. The number of hydrogen-bond acceptors (Lipinski definition) is 14. The number of H-pyrrole nitrogens is 2. The fraction of sp³-hybridized carbons (Fsp3) is 0.396. The number of phenolic OH excluding ortho intramolecular Hbond substituents is 1. The van der Waals surface area contributed by atoms with Crippen LogP contribution < -0.4 is 23.7 Å². The van der Waals surface area contributed by atoms with Crippen LogP contribution in [0.3, 0.4) is 0 Å². The maximum Gasteiger partial charge on any atom is 0.230 e. The van der Waals surface area contributed by atoms with E-state index >= 15 is 4.39 Å². The molecule has 19 heteroatoms. The highest BCUT2D eigenvalue weighted by Gasteiger charge is 2.19. The zero-order chi connectivity index (χ0) is 50.0. The maximum absolute atomic E-state index is 15.1. The van der Waals surface area contributed by atoms with Crippen LogP contribution in [0, 0.1) is 25.5 Å². The third-order valence-corrected chi connectivity index (χ3v) is 12.9. The van der Waals surface area contributed by atoms with Crippen LogP contribution in [0.15, 0.2) is 73.3 Å². The van der Waals surface area contributed by atoms with E-state index in [9.17, 15) is 4.39 Å². The van der Waals surface area contributed by atoms with Gasteiger partial charge < -0.3 is 58.4 Å². The maximum atomic E-state index is 15.1. The molecule has 2 aliphatic heterocycles. The number of aromatic nitrogens is 6. The Labute approximate surface area is 423 Å². The number of hydrogen-bond donors (Lipinski definition) is 3. The van der Waals surface area contributed by atoms with E-state index in [0.717, 1.165) is 106 Å². The molecule has 0 radical (unpaired) electrons. The number of fused-ring (bicyclic) bond motifs is 4. The molecule has 0 amide bonds. The van der Waals surface area contributed by atoms with Crippen molar-refractivity contribution in [3.63, 3.8) is 0 Å². The number of benzene rings is 4. The molecule has 0 spiro atoms. The number of rotatable bonds is 14. The van der Waals surface area contributed by atoms with Gasteiger partial charge in [0.15, 0.2) is 46.1 Å². The number of piperazine rings is 2. The van der Waals surface area contributed by atoms with Crippen molar-refractivity contribution in [1.82, 2.24) is 49.5 Å². The van der Waals surface area contributed by atoms with Crippen LogP contribution in [-0.2, 0) is 0 Å². The summed E-state index contributed by atoms with van der Waals surface area (Å²) in [5.74, 6) is 1.55. The highest BCUT2D eigenvalue weighted by molar-refractivity contribution is 6.34. The van der Waals surface area contributed by atoms with E-state index in [-0.39, 0.29) is 24.8 Å². The first kappa shape index (κ1) is 53.2. The van der Waals surface area contributed by atoms with E-state index in [1.54, 1.807) is 50.6 Å². The van der Waals surface area contributed by atoms with Gasteiger partial charge in [0.1, 0.15) is 17.8 Å². The molecule has 384 valence electrons. The van der Waals surface area contributed by atoms with Crippen LogP contribution in [0.1, 0.15) is 31.7 Å². The summed E-state index contributed by atoms with van der Waals surface area (Å²) in [6.45, 7) is 15.9. The number of aromatic amines is 2. The van der Waals surface area contributed by atoms with Gasteiger partial charge in [0.05, 0.1) is 43.9 Å². The van der Waals surface area contributed by atoms with Crippen molar-refractivity contribution in [2.24, 2.45) is 0 Å². The normalized spacial score (nSPS) is 14.6. The summed E-state index contributed by atoms with van der Waals surface area (Å²) in [6.07, 6.45) is 4.76. The first-order chi connectivity index (χ1) is 34.4. The molecule has 2 saturated heterocycles. The average molecular weight is 1010 g/mol. The van der Waals surface area contributed by atoms with E-state index in [1.165, 1.54) is 18.7 Å². The van der Waals surface area contributed by atoms with Crippen LogP contribution in [-0.4, -0.2) is 162 Å². The van der Waals surface area contributed by atoms with E-state index in [0.29, 0.717) is 68.6 Å². The van der Waals surface area contributed by atoms with Crippen molar-refractivity contribution >= 4 is 55.2 Å². The number of ether oxygens (including phenoxy) is 5. The smallest absolute Gasteiger partial charge is 0.230 e. The Morgan fingerprint density at radius 3 is 1.61 bits per heavy atom. The van der Waals surface area contributed by atoms with Crippen molar-refractivity contribution in [2.45, 2.75) is 34.1 Å². The molecule has 16 nitrogen and oxygen atoms in total. The molecule has 4 aromatic heterocycles. The predicted octanol–water partition coefficient (Wildman–Crippen LogP) is 9.64. The number of likely N-dealkylation sites (N-methyl/N-ethyl adjacent to an activating group) is 2. The fourth-order valence-corrected chi connectivity index (χ4v) is 8.75. The largest absolute Gasteiger partial charge is 0.505 e. The summed E-state index contributed by atoms with van der Waals surface area (Å²) in [5.41, 5.74) is 4.58. The number of methoxy groups -OCH3 is 2. The van der Waals surface area contributed by atoms with Gasteiger partial charge in [0, 0.05) is 116 Å². The Kier molecular flexibility index (Phi) is 18.3. The highest BCUT2D eigenvalue weighted by atomic mass is 35.5. The molecule has 4 aromatic carbocycles. The molecule has 6 heterocycles. The minimum Gasteiger partial charge on any atom is -0.505 e. The summed E-state index contributed by atoms with van der Waals surface area (Å²) < 4.78 is 57.1. The van der Waals surface area contributed by atoms with E-state index < -0.39 is 11.6 Å². The van der Waals surface area contributed by atoms with Crippen molar-refractivity contribution in [3.05, 3.63) is 101 Å². The minimum absolute atomic E-state index is 0. The van der Waals surface area contributed by atoms with Gasteiger partial charge in [0.2, 0.25) is 5.88 Å². The predicted molar refractivity (Wildman–Crippen MR) is 280 cm³/mol. The van der Waals surface area contributed by atoms with Crippen molar-refractivity contribution in [3.8, 4) is 40.4 Å². The van der Waals surface area contributed by atoms with Gasteiger partial charge in [-0.25, -0.2) is 28.7 Å². The molecule has 0 atom stereocenters. The molecule has 2 fully saturated rings. The van der Waals surface area contributed by atoms with Crippen LogP contribution >= 0.6 is 11.6 Å². The van der Waals surface area contributed by atoms with Gasteiger partial charge in [-0.1, -0.05) is 19.0 Å². The molecule has 0 saturated carbocycles. The third-order valence-electron chi connectivity index (χ3n) is 12.6. The molecule has 0 aliphatic carbocycles. The lowest BCUT2D eigenvalue weighted by molar-refractivity contribution is 0.145. The molecular weight excluding hydrogens is 946 g/mol. The molecule has 10 rings (SSSR count). The third kappa shape index (κ3) is 13.1. The first-order valence-electron chi connectivity index (χ1n) is 23.7. The number of halogens is 3. The Bertz CT molecular complexity index is 3070. The summed E-state index contributed by atoms with van der Waals surface area (Å²) in [7, 11) is 7.53. The van der Waals surface area contributed by atoms with Gasteiger partial charge in [-0.15, -0.1) is 0 Å². The Morgan fingerprint density at radius 1 is 0.583 bits per heavy atom. The second-order valence-corrected chi connectivity index (χ2v) is 18.1. The van der Waals surface area contributed by atoms with E-state index in [2.05, 4.69) is 63.6 Å². The average Bonchev–Trinajstić information content (AvgIpc) is 3.96. The Hall–Kier alpha value is -6.57. The zero-order valence-electron chi connectivity index (χ0n) is 41.0. The number of aryl methyl sites for hydroxylation is 2. The number of nitrogens with zero attached hydrogens (tertiary/aromatic N) is 8. The Balaban J connectivity index is 0.000000177. The first-order valence-corrected chi connectivity index (χ1v) is 24.1. The monoisotopic (exact) mass is 1010 g/mol. The zero-order valence-corrected chi connectivity index (χ0v) is 41.8. The number of phenols is 1. The summed E-state index contributed by atoms with van der Waals surface area (Å²) >= 11 is 6.10. The molecule has 3 N–H and O–H groups in total. The van der Waals surface area contributed by atoms with Gasteiger partial charge in [-0.3, -0.25) is 0 Å². The SMILES string of the molecule is C.COc1cc2c(Cl)ncnc2cc1OCCCN1CCN(C)CC1.COc1cc2c(Oc3ccc4[nH]c(C)cc4c3F)ncnc2cc1OCCCN1CCN(C)CC1.Cc1cc2c(F)c(O)ccc2[nH]1. The Morgan fingerprint density at radius 2 is 1.07 bits per heavy atom. The van der Waals surface area contributed by atoms with Gasteiger partial charge in [0.25, 0.3) is 0 Å². The molecule has 8 aromatic rings. The van der Waals surface area contributed by atoms with E-state index in [4.69, 9.17) is 40.4 Å². The standard InChI is InChI=1S/C26H30FN5O3.C17H23ClN4O2.C9H8FNO.CH4/c1-17-13-18-20(30-17)5-6-22(25(18)27)35-26-19-14-23(33-3)24(15-21(19)28-16-29-26)34-12-4-7-32-10-8-31(2)9-11-32;1-21-5-7-22(8-6-21)4-3-9-24-16-11-14-13(10-15(16)23-2)17(18)20-12-19-14;1-5-4-6-7(11-5)2-3-8(12)9(6)10;/h5-6,13-16,30H,4,7-12H2,1-3H3;10-12H,3-9H2,1-2H3;2-4,11-12H,1H3;1H4. The van der Waals surface area contributed by atoms with Gasteiger partial charge >= 0.3 is 0 Å². The molecule has 0 bridgehead atoms. The topological polar surface area (TPSA) is 162 Å². The number of aromatic hydroxyl groups is 1. The second kappa shape index (κ2) is 24.7. The van der Waals surface area contributed by atoms with Crippen LogP contribution in [0.4, 0.5) is 8.78 Å². The van der Waals surface area contributed by atoms with Crippen LogP contribution in [0.25, 0.3) is 43.6 Å². The molecule has 72 heavy (non-hydrogen) atoms. The minimum atomic E-state index is -0.558. The van der Waals surface area contributed by atoms with Crippen molar-refractivity contribution < 1.29 is 37.6 Å². The van der Waals surface area contributed by atoms with Gasteiger partial charge in [-0.2, -0.15) is 0 Å². The molecule has 2 aliphatic rings. The van der Waals surface area contributed by atoms with Crippen LogP contribution in [0.5, 0.6) is 40.4 Å². The summed E-state index contributed by atoms with van der Waals surface area (Å²) in [6, 6.07) is 17.1. The molecular formula is C53H65ClF2N10O6. The fourth-order valence-electron chi connectivity index (χ4n) is 8.55. The van der Waals surface area contributed by atoms with Crippen molar-refractivity contribution in [1.29, 1.82) is 0 Å². The lowest BCUT2D eigenvalue weighted by atomic mass is 10.2. The summed E-state index contributed by atoms with van der Waals surface area (Å²) in [4.78, 5) is 32.6. The van der Waals surface area contributed by atoms with Crippen LogP contribution in [0.2, 0.25) is 5.15 Å². The highest BCUT2D eigenvalue weighted by Crippen LogP contribution is 2.38. The lowest BCUT2D eigenvalue weighted by Crippen LogP contribution is -2.44. The second-order valence-electron chi connectivity index (χ2n) is 17.8. The van der Waals surface area contributed by atoms with E-state index in [1.807, 2.05) is 32.0 Å².